The molecule has 1 aliphatic carbocycles. The van der Waals surface area contributed by atoms with Gasteiger partial charge in [0.15, 0.2) is 0 Å². The van der Waals surface area contributed by atoms with Crippen molar-refractivity contribution in [2.75, 3.05) is 33.2 Å². The predicted molar refractivity (Wildman–Crippen MR) is 71.8 cm³/mol. The van der Waals surface area contributed by atoms with Crippen molar-refractivity contribution in [2.24, 2.45) is 5.92 Å². The summed E-state index contributed by atoms with van der Waals surface area (Å²) < 4.78 is 0. The fourth-order valence-electron chi connectivity index (χ4n) is 2.61. The van der Waals surface area contributed by atoms with Crippen molar-refractivity contribution in [1.29, 1.82) is 0 Å². The first-order chi connectivity index (χ1) is 7.72. The van der Waals surface area contributed by atoms with Crippen LogP contribution in [0.2, 0.25) is 0 Å². The Morgan fingerprint density at radius 3 is 2.62 bits per heavy atom. The van der Waals surface area contributed by atoms with Gasteiger partial charge in [0.1, 0.15) is 0 Å². The van der Waals surface area contributed by atoms with Crippen LogP contribution < -0.4 is 5.32 Å². The zero-order valence-corrected chi connectivity index (χ0v) is 11.1. The Balaban J connectivity index is 2.13. The molecule has 94 valence electrons. The van der Waals surface area contributed by atoms with Crippen LogP contribution >= 0.6 is 0 Å². The summed E-state index contributed by atoms with van der Waals surface area (Å²) >= 11 is 0. The van der Waals surface area contributed by atoms with E-state index in [1.165, 1.54) is 44.2 Å². The molecule has 2 heteroatoms. The van der Waals surface area contributed by atoms with Crippen LogP contribution in [0.5, 0.6) is 0 Å². The Bertz CT molecular complexity index is 195. The molecule has 1 N–H and O–H groups in total. The Kier molecular flexibility index (Phi) is 6.74. The number of rotatable bonds is 7. The maximum absolute atomic E-state index is 4.12. The van der Waals surface area contributed by atoms with Gasteiger partial charge >= 0.3 is 0 Å². The third-order valence-electron chi connectivity index (χ3n) is 3.41. The Hall–Kier alpha value is -0.340. The smallest absolute Gasteiger partial charge is 0.0199 e. The quantitative estimate of drug-likeness (QED) is 0.669. The van der Waals surface area contributed by atoms with E-state index in [9.17, 15) is 0 Å². The van der Waals surface area contributed by atoms with E-state index in [2.05, 4.69) is 30.8 Å². The topological polar surface area (TPSA) is 15.3 Å². The summed E-state index contributed by atoms with van der Waals surface area (Å²) in [5.74, 6) is 0.936. The second kappa shape index (κ2) is 7.86. The Labute approximate surface area is 101 Å². The summed E-state index contributed by atoms with van der Waals surface area (Å²) in [6, 6.07) is 0. The van der Waals surface area contributed by atoms with Gasteiger partial charge < -0.3 is 10.2 Å². The highest BCUT2D eigenvalue weighted by atomic mass is 15.1. The summed E-state index contributed by atoms with van der Waals surface area (Å²) in [5, 5.41) is 3.33. The Morgan fingerprint density at radius 2 is 2.00 bits per heavy atom. The molecule has 1 rings (SSSR count). The van der Waals surface area contributed by atoms with Crippen molar-refractivity contribution >= 4 is 0 Å². The third kappa shape index (κ3) is 5.66. The minimum Gasteiger partial charge on any atom is -0.313 e. The summed E-state index contributed by atoms with van der Waals surface area (Å²) in [6.07, 6.45) is 7.20. The van der Waals surface area contributed by atoms with Crippen LogP contribution in [0.25, 0.3) is 0 Å². The highest BCUT2D eigenvalue weighted by Gasteiger charge is 2.15. The summed E-state index contributed by atoms with van der Waals surface area (Å²) in [4.78, 5) is 2.44. The van der Waals surface area contributed by atoms with Crippen molar-refractivity contribution in [3.63, 3.8) is 0 Å². The van der Waals surface area contributed by atoms with E-state index in [1.54, 1.807) is 0 Å². The lowest BCUT2D eigenvalue weighted by atomic mass is 9.89. The summed E-state index contributed by atoms with van der Waals surface area (Å²) in [7, 11) is 2.23. The average Bonchev–Trinajstić information content (AvgIpc) is 2.27. The average molecular weight is 224 g/mol. The normalized spacial score (nSPS) is 17.9. The molecule has 1 aliphatic rings. The number of hydrogen-bond acceptors (Lipinski definition) is 2. The molecule has 0 radical (unpaired) electrons. The molecular formula is C14H28N2. The van der Waals surface area contributed by atoms with Crippen molar-refractivity contribution < 1.29 is 0 Å². The first kappa shape index (κ1) is 13.7. The van der Waals surface area contributed by atoms with Crippen LogP contribution in [0, 0.1) is 5.92 Å². The molecule has 0 bridgehead atoms. The first-order valence-corrected chi connectivity index (χ1v) is 6.78. The van der Waals surface area contributed by atoms with E-state index in [0.29, 0.717) is 0 Å². The van der Waals surface area contributed by atoms with Gasteiger partial charge in [0.25, 0.3) is 0 Å². The lowest BCUT2D eigenvalue weighted by Crippen LogP contribution is -2.31. The van der Waals surface area contributed by atoms with Crippen LogP contribution in [0.3, 0.4) is 0 Å². The number of nitrogens with zero attached hydrogens (tertiary/aromatic N) is 1. The highest BCUT2D eigenvalue weighted by molar-refractivity contribution is 4.99. The molecule has 0 spiro atoms. The van der Waals surface area contributed by atoms with E-state index in [0.717, 1.165) is 25.6 Å². The molecule has 0 amide bonds. The van der Waals surface area contributed by atoms with Gasteiger partial charge in [0, 0.05) is 19.6 Å². The zero-order chi connectivity index (χ0) is 11.8. The number of nitrogens with one attached hydrogen (secondary N) is 1. The van der Waals surface area contributed by atoms with Crippen LogP contribution in [0.15, 0.2) is 12.2 Å². The molecule has 2 nitrogen and oxygen atoms in total. The third-order valence-corrected chi connectivity index (χ3v) is 3.41. The lowest BCUT2D eigenvalue weighted by Gasteiger charge is -2.27. The summed E-state index contributed by atoms with van der Waals surface area (Å²) in [5.41, 5.74) is 1.31. The first-order valence-electron chi connectivity index (χ1n) is 6.78. The standard InChI is InChI=1S/C14H28N2/c1-4-15-10-13(2)11-16(3)12-14-8-6-5-7-9-14/h14-15H,2,4-12H2,1,3H3. The van der Waals surface area contributed by atoms with Crippen LogP contribution in [-0.4, -0.2) is 38.1 Å². The van der Waals surface area contributed by atoms with Gasteiger partial charge in [0.2, 0.25) is 0 Å². The van der Waals surface area contributed by atoms with Crippen molar-refractivity contribution in [3.05, 3.63) is 12.2 Å². The van der Waals surface area contributed by atoms with E-state index in [4.69, 9.17) is 0 Å². The maximum atomic E-state index is 4.12. The molecule has 0 aromatic heterocycles. The van der Waals surface area contributed by atoms with Gasteiger partial charge in [-0.3, -0.25) is 0 Å². The molecule has 0 aromatic carbocycles. The molecule has 1 saturated carbocycles. The number of hydrogen-bond donors (Lipinski definition) is 1. The highest BCUT2D eigenvalue weighted by Crippen LogP contribution is 2.24. The molecule has 0 heterocycles. The summed E-state index contributed by atoms with van der Waals surface area (Å²) in [6.45, 7) is 10.6. The van der Waals surface area contributed by atoms with E-state index in [1.807, 2.05) is 0 Å². The Morgan fingerprint density at radius 1 is 1.31 bits per heavy atom. The van der Waals surface area contributed by atoms with Crippen LogP contribution in [-0.2, 0) is 0 Å². The molecule has 0 saturated heterocycles. The van der Waals surface area contributed by atoms with Gasteiger partial charge in [-0.05, 0) is 37.9 Å². The molecule has 0 unspecified atom stereocenters. The van der Waals surface area contributed by atoms with Gasteiger partial charge in [-0.25, -0.2) is 0 Å². The monoisotopic (exact) mass is 224 g/mol. The van der Waals surface area contributed by atoms with E-state index < -0.39 is 0 Å². The second-order valence-corrected chi connectivity index (χ2v) is 5.23. The molecule has 1 fully saturated rings. The SMILES string of the molecule is C=C(CNCC)CN(C)CC1CCCCC1. The van der Waals surface area contributed by atoms with Crippen molar-refractivity contribution in [3.8, 4) is 0 Å². The molecular weight excluding hydrogens is 196 g/mol. The minimum absolute atomic E-state index is 0.936. The van der Waals surface area contributed by atoms with E-state index in [-0.39, 0.29) is 0 Å². The zero-order valence-electron chi connectivity index (χ0n) is 11.1. The molecule has 0 aliphatic heterocycles. The van der Waals surface area contributed by atoms with Crippen LogP contribution in [0.4, 0.5) is 0 Å². The van der Waals surface area contributed by atoms with Gasteiger partial charge in [-0.15, -0.1) is 0 Å². The fourth-order valence-corrected chi connectivity index (χ4v) is 2.61. The van der Waals surface area contributed by atoms with Crippen LogP contribution in [0.1, 0.15) is 39.0 Å². The predicted octanol–water partition coefficient (Wildman–Crippen LogP) is 2.66. The van der Waals surface area contributed by atoms with Gasteiger partial charge in [0.05, 0.1) is 0 Å². The molecule has 0 atom stereocenters. The van der Waals surface area contributed by atoms with Gasteiger partial charge in [-0.2, -0.15) is 0 Å². The van der Waals surface area contributed by atoms with Crippen molar-refractivity contribution in [1.82, 2.24) is 10.2 Å². The largest absolute Gasteiger partial charge is 0.313 e. The van der Waals surface area contributed by atoms with Crippen molar-refractivity contribution in [2.45, 2.75) is 39.0 Å². The number of likely N-dealkylation sites (N-methyl/N-ethyl adjacent to an activating group) is 2. The minimum atomic E-state index is 0.936. The maximum Gasteiger partial charge on any atom is 0.0199 e. The van der Waals surface area contributed by atoms with E-state index >= 15 is 0 Å². The lowest BCUT2D eigenvalue weighted by molar-refractivity contribution is 0.245. The van der Waals surface area contributed by atoms with Gasteiger partial charge in [-0.1, -0.05) is 32.8 Å². The molecule has 0 aromatic rings. The second-order valence-electron chi connectivity index (χ2n) is 5.23. The fraction of sp³-hybridized carbons (Fsp3) is 0.857. The molecule has 16 heavy (non-hydrogen) atoms.